The molecule has 8 nitrogen and oxygen atoms in total. The van der Waals surface area contributed by atoms with E-state index in [0.29, 0.717) is 6.07 Å². The molecule has 0 saturated carbocycles. The Morgan fingerprint density at radius 2 is 1.52 bits per heavy atom. The lowest BCUT2D eigenvalue weighted by molar-refractivity contribution is -0.141. The number of alkyl halides is 6. The third-order valence-electron chi connectivity index (χ3n) is 4.01. The van der Waals surface area contributed by atoms with Gasteiger partial charge in [0.25, 0.3) is 0 Å². The molecule has 0 bridgehead atoms. The molecule has 176 valence electrons. The monoisotopic (exact) mass is 473 g/mol. The minimum absolute atomic E-state index is 0.00262. The first kappa shape index (κ1) is 24.1. The predicted octanol–water partition coefficient (Wildman–Crippen LogP) is 4.56. The van der Waals surface area contributed by atoms with Crippen molar-refractivity contribution in [3.8, 4) is 11.6 Å². The molecule has 0 saturated heterocycles. The molecular formula is C19H17F6N7O. The second-order valence-electron chi connectivity index (χ2n) is 6.78. The number of nitrogens with zero attached hydrogens (tertiary/aromatic N) is 5. The SMILES string of the molecule is COCC(C)Nc1cc(Nc2ccnc(C(F)(F)F)c2)nc(-c2nccc(C(F)(F)F)n2)n1. The van der Waals surface area contributed by atoms with Crippen LogP contribution in [0.2, 0.25) is 0 Å². The van der Waals surface area contributed by atoms with Crippen molar-refractivity contribution in [2.24, 2.45) is 0 Å². The second kappa shape index (κ2) is 9.52. The van der Waals surface area contributed by atoms with Crippen LogP contribution in [0.15, 0.2) is 36.7 Å². The highest BCUT2D eigenvalue weighted by atomic mass is 19.4. The van der Waals surface area contributed by atoms with Gasteiger partial charge in [0.1, 0.15) is 23.0 Å². The molecular weight excluding hydrogens is 456 g/mol. The van der Waals surface area contributed by atoms with Crippen LogP contribution in [0.4, 0.5) is 43.7 Å². The lowest BCUT2D eigenvalue weighted by Crippen LogP contribution is -2.22. The molecule has 0 spiro atoms. The minimum Gasteiger partial charge on any atom is -0.383 e. The van der Waals surface area contributed by atoms with Crippen molar-refractivity contribution in [1.82, 2.24) is 24.9 Å². The molecule has 1 unspecified atom stereocenters. The summed E-state index contributed by atoms with van der Waals surface area (Å²) in [5.41, 5.74) is -2.32. The average molecular weight is 473 g/mol. The summed E-state index contributed by atoms with van der Waals surface area (Å²) in [7, 11) is 1.48. The maximum atomic E-state index is 13.1. The summed E-state index contributed by atoms with van der Waals surface area (Å²) >= 11 is 0. The Hall–Kier alpha value is -3.55. The van der Waals surface area contributed by atoms with Crippen LogP contribution in [-0.2, 0) is 17.1 Å². The van der Waals surface area contributed by atoms with Crippen LogP contribution < -0.4 is 10.6 Å². The fraction of sp³-hybridized carbons (Fsp3) is 0.316. The summed E-state index contributed by atoms with van der Waals surface area (Å²) in [5, 5.41) is 5.65. The summed E-state index contributed by atoms with van der Waals surface area (Å²) in [4.78, 5) is 18.8. The molecule has 0 aliphatic carbocycles. The molecule has 33 heavy (non-hydrogen) atoms. The third kappa shape index (κ3) is 6.47. The fourth-order valence-corrected chi connectivity index (χ4v) is 2.66. The van der Waals surface area contributed by atoms with Crippen molar-refractivity contribution in [3.05, 3.63) is 48.0 Å². The number of pyridine rings is 1. The summed E-state index contributed by atoms with van der Waals surface area (Å²) in [6.45, 7) is 2.04. The molecule has 0 aromatic carbocycles. The van der Waals surface area contributed by atoms with Crippen LogP contribution in [0.1, 0.15) is 18.3 Å². The zero-order valence-corrected chi connectivity index (χ0v) is 17.2. The van der Waals surface area contributed by atoms with Gasteiger partial charge >= 0.3 is 12.4 Å². The van der Waals surface area contributed by atoms with Crippen molar-refractivity contribution in [3.63, 3.8) is 0 Å². The Labute approximate surface area is 183 Å². The number of anilines is 3. The van der Waals surface area contributed by atoms with Gasteiger partial charge in [0.15, 0.2) is 5.82 Å². The summed E-state index contributed by atoms with van der Waals surface area (Å²) in [5.74, 6) is -0.532. The van der Waals surface area contributed by atoms with Gasteiger partial charge in [0.2, 0.25) is 5.82 Å². The Morgan fingerprint density at radius 3 is 2.18 bits per heavy atom. The molecule has 1 atom stereocenters. The summed E-state index contributed by atoms with van der Waals surface area (Å²) in [6.07, 6.45) is -7.51. The Kier molecular flexibility index (Phi) is 6.95. The predicted molar refractivity (Wildman–Crippen MR) is 106 cm³/mol. The van der Waals surface area contributed by atoms with Gasteiger partial charge < -0.3 is 15.4 Å². The molecule has 0 aliphatic rings. The van der Waals surface area contributed by atoms with Gasteiger partial charge in [-0.3, -0.25) is 4.98 Å². The Balaban J connectivity index is 2.02. The quantitative estimate of drug-likeness (QED) is 0.482. The number of ether oxygens (including phenoxy) is 1. The molecule has 14 heteroatoms. The lowest BCUT2D eigenvalue weighted by atomic mass is 10.3. The molecule has 0 amide bonds. The van der Waals surface area contributed by atoms with Gasteiger partial charge in [-0.05, 0) is 25.1 Å². The van der Waals surface area contributed by atoms with E-state index in [-0.39, 0.29) is 35.8 Å². The van der Waals surface area contributed by atoms with Crippen LogP contribution in [-0.4, -0.2) is 44.7 Å². The number of halogens is 6. The van der Waals surface area contributed by atoms with Gasteiger partial charge in [0.05, 0.1) is 6.61 Å². The van der Waals surface area contributed by atoms with Gasteiger partial charge in [-0.15, -0.1) is 0 Å². The van der Waals surface area contributed by atoms with Crippen molar-refractivity contribution in [2.75, 3.05) is 24.4 Å². The highest BCUT2D eigenvalue weighted by Gasteiger charge is 2.33. The molecule has 0 aliphatic heterocycles. The van der Waals surface area contributed by atoms with E-state index < -0.39 is 29.6 Å². The largest absolute Gasteiger partial charge is 0.433 e. The smallest absolute Gasteiger partial charge is 0.383 e. The van der Waals surface area contributed by atoms with E-state index in [1.54, 1.807) is 6.92 Å². The lowest BCUT2D eigenvalue weighted by Gasteiger charge is -2.16. The van der Waals surface area contributed by atoms with Crippen LogP contribution >= 0.6 is 0 Å². The Morgan fingerprint density at radius 1 is 0.848 bits per heavy atom. The van der Waals surface area contributed by atoms with E-state index in [1.165, 1.54) is 19.2 Å². The fourth-order valence-electron chi connectivity index (χ4n) is 2.66. The number of nitrogens with one attached hydrogen (secondary N) is 2. The number of methoxy groups -OCH3 is 1. The molecule has 0 fully saturated rings. The topological polar surface area (TPSA) is 97.7 Å². The van der Waals surface area contributed by atoms with Crippen LogP contribution in [0.5, 0.6) is 0 Å². The van der Waals surface area contributed by atoms with E-state index in [9.17, 15) is 26.3 Å². The molecule has 0 radical (unpaired) electrons. The van der Waals surface area contributed by atoms with Gasteiger partial charge in [-0.1, -0.05) is 0 Å². The van der Waals surface area contributed by atoms with E-state index in [4.69, 9.17) is 4.74 Å². The molecule has 3 aromatic rings. The first-order valence-electron chi connectivity index (χ1n) is 9.31. The van der Waals surface area contributed by atoms with E-state index >= 15 is 0 Å². The average Bonchev–Trinajstić information content (AvgIpc) is 2.73. The number of hydrogen-bond acceptors (Lipinski definition) is 8. The minimum atomic E-state index is -4.72. The van der Waals surface area contributed by atoms with E-state index in [0.717, 1.165) is 18.5 Å². The highest BCUT2D eigenvalue weighted by molar-refractivity contribution is 5.63. The first-order valence-corrected chi connectivity index (χ1v) is 9.31. The molecule has 2 N–H and O–H groups in total. The van der Waals surface area contributed by atoms with Crippen molar-refractivity contribution >= 4 is 17.3 Å². The maximum Gasteiger partial charge on any atom is 0.433 e. The van der Waals surface area contributed by atoms with Gasteiger partial charge in [-0.2, -0.15) is 26.3 Å². The van der Waals surface area contributed by atoms with E-state index in [2.05, 4.69) is 35.6 Å². The summed E-state index contributed by atoms with van der Waals surface area (Å²) < 4.78 is 83.1. The first-order chi connectivity index (χ1) is 15.5. The van der Waals surface area contributed by atoms with Gasteiger partial charge in [0, 0.05) is 37.3 Å². The van der Waals surface area contributed by atoms with Crippen molar-refractivity contribution in [1.29, 1.82) is 0 Å². The second-order valence-corrected chi connectivity index (χ2v) is 6.78. The third-order valence-corrected chi connectivity index (χ3v) is 4.01. The van der Waals surface area contributed by atoms with E-state index in [1.807, 2.05) is 0 Å². The maximum absolute atomic E-state index is 13.1. The zero-order valence-electron chi connectivity index (χ0n) is 17.2. The Bertz CT molecular complexity index is 1110. The van der Waals surface area contributed by atoms with Crippen molar-refractivity contribution in [2.45, 2.75) is 25.3 Å². The highest BCUT2D eigenvalue weighted by Crippen LogP contribution is 2.31. The molecule has 3 aromatic heterocycles. The van der Waals surface area contributed by atoms with Crippen molar-refractivity contribution < 1.29 is 31.1 Å². The summed E-state index contributed by atoms with van der Waals surface area (Å²) in [6, 6.07) is 3.85. The number of hydrogen-bond donors (Lipinski definition) is 2. The molecule has 3 rings (SSSR count). The molecule has 3 heterocycles. The number of aromatic nitrogens is 5. The van der Waals surface area contributed by atoms with Gasteiger partial charge in [-0.25, -0.2) is 19.9 Å². The number of rotatable bonds is 7. The van der Waals surface area contributed by atoms with Crippen LogP contribution in [0.25, 0.3) is 11.6 Å². The standard InChI is InChI=1S/C19H17F6N7O/c1-10(9-33-2)28-14-8-15(29-11-3-5-26-13(7-11)19(23,24)25)32-17(31-14)16-27-6-4-12(30-16)18(20,21)22/h3-8,10H,9H2,1-2H3,(H2,26,28,29,31,32). The normalized spacial score (nSPS) is 13.0. The van der Waals surface area contributed by atoms with Crippen LogP contribution in [0.3, 0.4) is 0 Å². The zero-order chi connectivity index (χ0) is 24.2. The van der Waals surface area contributed by atoms with Crippen LogP contribution in [0, 0.1) is 0 Å².